The van der Waals surface area contributed by atoms with Crippen LogP contribution < -0.4 is 11.5 Å². The van der Waals surface area contributed by atoms with Crippen LogP contribution in [0, 0.1) is 5.92 Å². The minimum atomic E-state index is -0.185. The van der Waals surface area contributed by atoms with E-state index in [-0.39, 0.29) is 11.8 Å². The number of hydrogen-bond acceptors (Lipinski definition) is 3. The van der Waals surface area contributed by atoms with Crippen LogP contribution in [0.15, 0.2) is 0 Å². The summed E-state index contributed by atoms with van der Waals surface area (Å²) in [5, 5.41) is 0. The quantitative estimate of drug-likeness (QED) is 0.602. The maximum absolute atomic E-state index is 10.8. The molecule has 1 rings (SSSR count). The zero-order valence-corrected chi connectivity index (χ0v) is 8.35. The van der Waals surface area contributed by atoms with Crippen molar-refractivity contribution in [3.05, 3.63) is 0 Å². The Balaban J connectivity index is 2.30. The van der Waals surface area contributed by atoms with E-state index in [4.69, 9.17) is 23.7 Å². The average Bonchev–Trinajstić information content (AvgIpc) is 2.04. The third-order valence-electron chi connectivity index (χ3n) is 2.37. The number of hydrogen-bond donors (Lipinski definition) is 2. The highest BCUT2D eigenvalue weighted by Gasteiger charge is 2.22. The zero-order valence-electron chi connectivity index (χ0n) is 7.53. The molecular weight excluding hydrogens is 186 g/mol. The van der Waals surface area contributed by atoms with Crippen molar-refractivity contribution in [1.82, 2.24) is 4.90 Å². The van der Waals surface area contributed by atoms with Crippen LogP contribution in [-0.4, -0.2) is 35.4 Å². The highest BCUT2D eigenvalue weighted by molar-refractivity contribution is 7.80. The molecule has 0 aliphatic carbocycles. The summed E-state index contributed by atoms with van der Waals surface area (Å²) in [4.78, 5) is 13.5. The number of piperidine rings is 1. The number of likely N-dealkylation sites (tertiary alicyclic amines) is 1. The molecule has 5 heteroatoms. The van der Waals surface area contributed by atoms with E-state index in [0.717, 1.165) is 25.9 Å². The summed E-state index contributed by atoms with van der Waals surface area (Å²) in [6.07, 6.45) is 1.66. The van der Waals surface area contributed by atoms with Gasteiger partial charge in [0.15, 0.2) is 0 Å². The molecule has 0 bridgehead atoms. The topological polar surface area (TPSA) is 72.4 Å². The Morgan fingerprint density at radius 3 is 2.31 bits per heavy atom. The van der Waals surface area contributed by atoms with Crippen LogP contribution in [0.4, 0.5) is 0 Å². The van der Waals surface area contributed by atoms with Crippen LogP contribution in [0.3, 0.4) is 0 Å². The molecule has 1 aliphatic rings. The Morgan fingerprint density at radius 2 is 1.92 bits per heavy atom. The first-order valence-corrected chi connectivity index (χ1v) is 4.80. The van der Waals surface area contributed by atoms with Crippen LogP contribution in [0.2, 0.25) is 0 Å². The monoisotopic (exact) mass is 201 g/mol. The third kappa shape index (κ3) is 3.28. The summed E-state index contributed by atoms with van der Waals surface area (Å²) in [6.45, 7) is 2.39. The molecule has 0 radical (unpaired) electrons. The van der Waals surface area contributed by atoms with E-state index in [9.17, 15) is 4.79 Å². The van der Waals surface area contributed by atoms with Gasteiger partial charge in [-0.1, -0.05) is 12.2 Å². The molecule has 0 unspecified atom stereocenters. The maximum atomic E-state index is 10.8. The molecule has 0 saturated carbocycles. The van der Waals surface area contributed by atoms with Gasteiger partial charge in [-0.15, -0.1) is 0 Å². The van der Waals surface area contributed by atoms with E-state index in [1.807, 2.05) is 0 Å². The van der Waals surface area contributed by atoms with Crippen LogP contribution >= 0.6 is 12.2 Å². The lowest BCUT2D eigenvalue weighted by molar-refractivity contribution is -0.123. The number of nitrogens with two attached hydrogens (primary N) is 2. The second-order valence-electron chi connectivity index (χ2n) is 3.42. The number of carbonyl (C=O) groups is 1. The molecule has 13 heavy (non-hydrogen) atoms. The summed E-state index contributed by atoms with van der Waals surface area (Å²) in [5.74, 6) is -0.141. The summed E-state index contributed by atoms with van der Waals surface area (Å²) < 4.78 is 0. The van der Waals surface area contributed by atoms with Crippen LogP contribution in [0.5, 0.6) is 0 Å². The molecule has 1 fully saturated rings. The molecule has 0 aromatic rings. The minimum absolute atomic E-state index is 0.0441. The molecule has 1 amide bonds. The number of carbonyl (C=O) groups excluding carboxylic acids is 1. The van der Waals surface area contributed by atoms with Gasteiger partial charge in [0.05, 0.1) is 4.99 Å². The van der Waals surface area contributed by atoms with E-state index in [1.54, 1.807) is 0 Å². The van der Waals surface area contributed by atoms with E-state index < -0.39 is 0 Å². The smallest absolute Gasteiger partial charge is 0.220 e. The predicted octanol–water partition coefficient (Wildman–Crippen LogP) is -0.530. The van der Waals surface area contributed by atoms with Gasteiger partial charge in [0.1, 0.15) is 0 Å². The Morgan fingerprint density at radius 1 is 1.38 bits per heavy atom. The Labute approximate surface area is 83.2 Å². The molecule has 1 aliphatic heterocycles. The Hall–Kier alpha value is -0.680. The molecule has 4 nitrogen and oxygen atoms in total. The Bertz CT molecular complexity index is 211. The number of thiocarbonyl (C=S) groups is 1. The van der Waals surface area contributed by atoms with Gasteiger partial charge in [0.2, 0.25) is 5.91 Å². The maximum Gasteiger partial charge on any atom is 0.220 e. The number of rotatable bonds is 3. The van der Waals surface area contributed by atoms with Gasteiger partial charge in [-0.25, -0.2) is 0 Å². The highest BCUT2D eigenvalue weighted by Crippen LogP contribution is 2.15. The lowest BCUT2D eigenvalue weighted by Crippen LogP contribution is -2.41. The minimum Gasteiger partial charge on any atom is -0.392 e. The third-order valence-corrected chi connectivity index (χ3v) is 2.50. The van der Waals surface area contributed by atoms with Crippen molar-refractivity contribution >= 4 is 23.1 Å². The first kappa shape index (κ1) is 10.4. The number of primary amides is 1. The number of amides is 1. The summed E-state index contributed by atoms with van der Waals surface area (Å²) in [7, 11) is 0. The Kier molecular flexibility index (Phi) is 3.62. The summed E-state index contributed by atoms with van der Waals surface area (Å²) in [5.41, 5.74) is 10.6. The summed E-state index contributed by atoms with van der Waals surface area (Å²) >= 11 is 4.80. The van der Waals surface area contributed by atoms with E-state index in [0.29, 0.717) is 11.5 Å². The zero-order chi connectivity index (χ0) is 9.84. The second kappa shape index (κ2) is 4.53. The molecule has 1 heterocycles. The van der Waals surface area contributed by atoms with Crippen molar-refractivity contribution in [2.75, 3.05) is 19.6 Å². The van der Waals surface area contributed by atoms with Gasteiger partial charge in [-0.2, -0.15) is 0 Å². The van der Waals surface area contributed by atoms with Gasteiger partial charge in [0.25, 0.3) is 0 Å². The lowest BCUT2D eigenvalue weighted by Gasteiger charge is -2.29. The van der Waals surface area contributed by atoms with Gasteiger partial charge >= 0.3 is 0 Å². The van der Waals surface area contributed by atoms with E-state index >= 15 is 0 Å². The van der Waals surface area contributed by atoms with Gasteiger partial charge < -0.3 is 11.5 Å². The summed E-state index contributed by atoms with van der Waals surface area (Å²) in [6, 6.07) is 0. The molecule has 0 aromatic carbocycles. The van der Waals surface area contributed by atoms with Crippen LogP contribution in [-0.2, 0) is 4.79 Å². The standard InChI is InChI=1S/C8H15N3OS/c9-7(13)5-11-3-1-6(2-4-11)8(10)12/h6H,1-5H2,(H2,9,13)(H2,10,12). The molecule has 0 aromatic heterocycles. The highest BCUT2D eigenvalue weighted by atomic mass is 32.1. The van der Waals surface area contributed by atoms with Crippen molar-refractivity contribution in [2.45, 2.75) is 12.8 Å². The van der Waals surface area contributed by atoms with Gasteiger partial charge in [-0.05, 0) is 25.9 Å². The van der Waals surface area contributed by atoms with Crippen molar-refractivity contribution in [2.24, 2.45) is 17.4 Å². The lowest BCUT2D eigenvalue weighted by atomic mass is 9.96. The van der Waals surface area contributed by atoms with Gasteiger partial charge in [-0.3, -0.25) is 9.69 Å². The molecular formula is C8H15N3OS. The molecule has 0 spiro atoms. The molecule has 4 N–H and O–H groups in total. The first-order valence-electron chi connectivity index (χ1n) is 4.39. The van der Waals surface area contributed by atoms with Crippen molar-refractivity contribution < 1.29 is 4.79 Å². The normalized spacial score (nSPS) is 20.0. The second-order valence-corrected chi connectivity index (χ2v) is 3.94. The SMILES string of the molecule is NC(=O)C1CCN(CC(N)=S)CC1. The largest absolute Gasteiger partial charge is 0.392 e. The number of nitrogens with zero attached hydrogens (tertiary/aromatic N) is 1. The van der Waals surface area contributed by atoms with Crippen LogP contribution in [0.1, 0.15) is 12.8 Å². The molecule has 1 saturated heterocycles. The first-order chi connectivity index (χ1) is 6.09. The van der Waals surface area contributed by atoms with Crippen LogP contribution in [0.25, 0.3) is 0 Å². The van der Waals surface area contributed by atoms with Crippen molar-refractivity contribution in [3.8, 4) is 0 Å². The van der Waals surface area contributed by atoms with E-state index in [2.05, 4.69) is 4.90 Å². The van der Waals surface area contributed by atoms with Gasteiger partial charge in [0, 0.05) is 12.5 Å². The average molecular weight is 201 g/mol. The van der Waals surface area contributed by atoms with E-state index in [1.165, 1.54) is 0 Å². The fourth-order valence-corrected chi connectivity index (χ4v) is 1.78. The van der Waals surface area contributed by atoms with Crippen molar-refractivity contribution in [1.29, 1.82) is 0 Å². The molecule has 0 atom stereocenters. The predicted molar refractivity (Wildman–Crippen MR) is 55.1 cm³/mol. The fraction of sp³-hybridized carbons (Fsp3) is 0.750. The van der Waals surface area contributed by atoms with Crippen molar-refractivity contribution in [3.63, 3.8) is 0 Å². The molecule has 74 valence electrons. The fourth-order valence-electron chi connectivity index (χ4n) is 1.60.